The molecule has 5 N–H and O–H groups in total. The number of carbonyl (C=O) groups excluding carboxylic acids is 3. The average Bonchev–Trinajstić information content (AvgIpc) is 3.87. The number of likely N-dealkylation sites (tertiary alicyclic amines) is 2. The summed E-state index contributed by atoms with van der Waals surface area (Å²) in [5, 5.41) is 20.9. The van der Waals surface area contributed by atoms with Crippen molar-refractivity contribution in [2.75, 3.05) is 57.4 Å². The van der Waals surface area contributed by atoms with E-state index in [9.17, 15) is 19.5 Å². The molecule has 382 valence electrons. The maximum Gasteiger partial charge on any atom is 0.329 e. The number of carbonyl (C=O) groups is 3. The van der Waals surface area contributed by atoms with Crippen molar-refractivity contribution >= 4 is 46.2 Å². The van der Waals surface area contributed by atoms with Gasteiger partial charge in [-0.1, -0.05) is 54.9 Å². The molecule has 5 aromatic rings. The molecule has 4 aromatic carbocycles. The number of anilines is 1. The number of piperidine rings is 2. The Morgan fingerprint density at radius 2 is 1.71 bits per heavy atom. The predicted molar refractivity (Wildman–Crippen MR) is 273 cm³/mol. The molecule has 4 aliphatic heterocycles. The Hall–Kier alpha value is -5.65. The van der Waals surface area contributed by atoms with E-state index >= 15 is 8.78 Å². The van der Waals surface area contributed by atoms with E-state index in [1.807, 2.05) is 49.0 Å². The maximum absolute atomic E-state index is 16.5. The van der Waals surface area contributed by atoms with E-state index in [-0.39, 0.29) is 64.8 Å². The van der Waals surface area contributed by atoms with Crippen molar-refractivity contribution in [3.8, 4) is 22.6 Å². The predicted octanol–water partition coefficient (Wildman–Crippen LogP) is 8.36. The number of hydrogen-bond acceptors (Lipinski definition) is 10. The van der Waals surface area contributed by atoms with Crippen molar-refractivity contribution in [3.05, 3.63) is 106 Å². The minimum atomic E-state index is -1.04. The second-order valence-electron chi connectivity index (χ2n) is 20.6. The van der Waals surface area contributed by atoms with Crippen LogP contribution >= 0.6 is 11.6 Å². The Morgan fingerprint density at radius 3 is 2.40 bits per heavy atom. The number of aromatic nitrogens is 2. The van der Waals surface area contributed by atoms with Crippen molar-refractivity contribution in [3.63, 3.8) is 0 Å². The van der Waals surface area contributed by atoms with E-state index in [2.05, 4.69) is 50.7 Å². The normalized spacial score (nSPS) is 24.0. The molecule has 5 heterocycles. The summed E-state index contributed by atoms with van der Waals surface area (Å²) in [4.78, 5) is 44.1. The van der Waals surface area contributed by atoms with E-state index in [0.717, 1.165) is 81.2 Å². The average molecular weight is 1010 g/mol. The van der Waals surface area contributed by atoms with Crippen LogP contribution in [0.2, 0.25) is 5.02 Å². The third-order valence-corrected chi connectivity index (χ3v) is 17.1. The van der Waals surface area contributed by atoms with Gasteiger partial charge in [-0.2, -0.15) is 5.10 Å². The molecule has 17 heteroatoms. The van der Waals surface area contributed by atoms with Crippen molar-refractivity contribution in [2.45, 2.75) is 107 Å². The lowest BCUT2D eigenvalue weighted by atomic mass is 9.76. The van der Waals surface area contributed by atoms with Crippen LogP contribution < -0.4 is 30.7 Å². The highest BCUT2D eigenvalue weighted by Gasteiger charge is 2.50. The molecule has 1 saturated carbocycles. The molecule has 0 unspecified atom stereocenters. The largest absolute Gasteiger partial charge is 0.488 e. The van der Waals surface area contributed by atoms with Gasteiger partial charge in [0.25, 0.3) is 0 Å². The van der Waals surface area contributed by atoms with Crippen LogP contribution in [0, 0.1) is 17.6 Å². The summed E-state index contributed by atoms with van der Waals surface area (Å²) >= 11 is 6.75. The van der Waals surface area contributed by atoms with Crippen molar-refractivity contribution < 1.29 is 37.7 Å². The number of benzene rings is 4. The number of fused-ring (bicyclic) bond motifs is 2. The first-order chi connectivity index (χ1) is 34.8. The molecule has 3 atom stereocenters. The second-order valence-corrected chi connectivity index (χ2v) is 20.9. The van der Waals surface area contributed by atoms with Crippen LogP contribution in [-0.4, -0.2) is 113 Å². The summed E-state index contributed by atoms with van der Waals surface area (Å²) in [6.45, 7) is 8.87. The van der Waals surface area contributed by atoms with E-state index in [4.69, 9.17) is 26.8 Å². The van der Waals surface area contributed by atoms with Gasteiger partial charge in [0.2, 0.25) is 11.8 Å². The van der Waals surface area contributed by atoms with Crippen LogP contribution in [0.5, 0.6) is 11.5 Å². The molecule has 0 bridgehead atoms. The van der Waals surface area contributed by atoms with Crippen LogP contribution in [0.25, 0.3) is 22.0 Å². The Balaban J connectivity index is 0.748. The number of urea groups is 1. The Bertz CT molecular complexity index is 2840. The first-order valence-corrected chi connectivity index (χ1v) is 26.1. The zero-order valence-corrected chi connectivity index (χ0v) is 42.0. The summed E-state index contributed by atoms with van der Waals surface area (Å²) in [6.07, 6.45) is 9.00. The van der Waals surface area contributed by atoms with Crippen molar-refractivity contribution in [1.82, 2.24) is 30.2 Å². The van der Waals surface area contributed by atoms with Crippen molar-refractivity contribution in [2.24, 2.45) is 18.7 Å². The van der Waals surface area contributed by atoms with Crippen LogP contribution in [0.4, 0.5) is 19.4 Å². The fraction of sp³-hybridized carbons (Fsp3) is 0.491. The van der Waals surface area contributed by atoms with Crippen LogP contribution in [-0.2, 0) is 17.4 Å². The number of aliphatic hydroxyl groups excluding tert-OH is 1. The molecular formula is C55H65ClF2N8O6. The monoisotopic (exact) mass is 1010 g/mol. The molecule has 14 nitrogen and oxygen atoms in total. The lowest BCUT2D eigenvalue weighted by Gasteiger charge is -2.45. The number of rotatable bonds is 14. The van der Waals surface area contributed by atoms with Gasteiger partial charge in [0.1, 0.15) is 18.2 Å². The summed E-state index contributed by atoms with van der Waals surface area (Å²) in [5.74, 6) is -1.83. The molecule has 3 saturated heterocycles. The SMILES string of the molecule is C[C@@H](C1CCC(NC[C@]2(c3ccccc3)Oc3cc(F)c(Cl)c(-c4c(C(N)=O)ccc(OCCO)c4F)c3[C@@H]2C)CC1)N1CCC(N2CCC(c3ccc4c(N5CCC(=O)NC5=O)nn(C)c4c3)CC2)CC1. The number of primary amides is 1. The van der Waals surface area contributed by atoms with E-state index < -0.39 is 35.1 Å². The smallest absolute Gasteiger partial charge is 0.329 e. The highest BCUT2D eigenvalue weighted by molar-refractivity contribution is 6.34. The van der Waals surface area contributed by atoms with Gasteiger partial charge < -0.3 is 35.4 Å². The zero-order valence-electron chi connectivity index (χ0n) is 41.3. The summed E-state index contributed by atoms with van der Waals surface area (Å²) < 4.78 is 46.6. The molecule has 0 radical (unpaired) electrons. The van der Waals surface area contributed by atoms with Gasteiger partial charge in [-0.15, -0.1) is 0 Å². The van der Waals surface area contributed by atoms with Gasteiger partial charge in [-0.25, -0.2) is 13.6 Å². The third kappa shape index (κ3) is 9.33. The number of nitrogens with two attached hydrogens (primary N) is 1. The minimum absolute atomic E-state index is 0.0135. The number of nitrogens with one attached hydrogen (secondary N) is 2. The topological polar surface area (TPSA) is 168 Å². The minimum Gasteiger partial charge on any atom is -0.488 e. The fourth-order valence-corrected chi connectivity index (χ4v) is 12.9. The molecule has 1 aliphatic carbocycles. The van der Waals surface area contributed by atoms with Gasteiger partial charge in [-0.3, -0.25) is 24.5 Å². The molecule has 4 fully saturated rings. The first-order valence-electron chi connectivity index (χ1n) is 25.7. The molecule has 10 rings (SSSR count). The highest BCUT2D eigenvalue weighted by atomic mass is 35.5. The number of aryl methyl sites for hydroxylation is 1. The van der Waals surface area contributed by atoms with Crippen molar-refractivity contribution in [1.29, 1.82) is 0 Å². The Morgan fingerprint density at radius 1 is 0.972 bits per heavy atom. The first kappa shape index (κ1) is 49.9. The number of hydrogen-bond donors (Lipinski definition) is 4. The van der Waals surface area contributed by atoms with Crippen LogP contribution in [0.3, 0.4) is 0 Å². The summed E-state index contributed by atoms with van der Waals surface area (Å²) in [6, 6.07) is 21.0. The lowest BCUT2D eigenvalue weighted by Crippen LogP contribution is -2.51. The van der Waals surface area contributed by atoms with Gasteiger partial charge in [-0.05, 0) is 132 Å². The number of ether oxygens (including phenoxy) is 2. The standard InChI is InChI=1S/C55H65ClF2N8O6/c1-32-47-45(30-42(57)50(56)49(47)48-41(52(59)69)15-16-44(51(48)58)71-28-27-67)72-55(32,37-7-5-4-6-8-37)31-60-38-12-9-34(10-13-38)33(2)64-24-19-39(20-25-64)65-22-17-35(18-23-65)36-11-14-40-43(29-36)63(3)62-53(40)66-26-21-46(68)61-54(66)70/h4-8,11,14-16,29-30,32-35,38-39,60,67H,9-10,12-13,17-28,31H2,1-3H3,(H2,59,69)(H,61,68,70)/t32-,33-,34?,38?,55-/m0/s1. The highest BCUT2D eigenvalue weighted by Crippen LogP contribution is 2.56. The maximum atomic E-state index is 16.5. The van der Waals surface area contributed by atoms with Crippen LogP contribution in [0.15, 0.2) is 66.7 Å². The third-order valence-electron chi connectivity index (χ3n) is 16.7. The summed E-state index contributed by atoms with van der Waals surface area (Å²) in [5.41, 5.74) is 7.90. The summed E-state index contributed by atoms with van der Waals surface area (Å²) in [7, 11) is 1.91. The van der Waals surface area contributed by atoms with E-state index in [1.54, 1.807) is 4.90 Å². The number of imide groups is 1. The van der Waals surface area contributed by atoms with Gasteiger partial charge >= 0.3 is 6.03 Å². The second kappa shape index (κ2) is 20.7. The number of aliphatic hydroxyl groups is 1. The molecular weight excluding hydrogens is 942 g/mol. The lowest BCUT2D eigenvalue weighted by molar-refractivity contribution is -0.120. The molecule has 5 aliphatic rings. The number of nitrogens with zero attached hydrogens (tertiary/aromatic N) is 5. The quantitative estimate of drug-likeness (QED) is 0.0849. The fourth-order valence-electron chi connectivity index (χ4n) is 12.6. The molecule has 0 spiro atoms. The zero-order chi connectivity index (χ0) is 50.4. The van der Waals surface area contributed by atoms with Gasteiger partial charge in [0.05, 0.1) is 22.7 Å². The molecule has 72 heavy (non-hydrogen) atoms. The molecule has 4 amide bonds. The van der Waals surface area contributed by atoms with Gasteiger partial charge in [0.15, 0.2) is 23.0 Å². The molecule has 1 aromatic heterocycles. The number of halogens is 3. The Labute approximate surface area is 424 Å². The Kier molecular flexibility index (Phi) is 14.3. The van der Waals surface area contributed by atoms with Gasteiger partial charge in [0, 0.05) is 78.7 Å². The van der Waals surface area contributed by atoms with Crippen LogP contribution in [0.1, 0.15) is 111 Å². The van der Waals surface area contributed by atoms with E-state index in [1.165, 1.54) is 36.6 Å². The number of amides is 4. The van der Waals surface area contributed by atoms with E-state index in [0.29, 0.717) is 48.4 Å².